The number of hydrogen-bond donors (Lipinski definition) is 2. The normalized spacial score (nSPS) is 10.8. The highest BCUT2D eigenvalue weighted by Crippen LogP contribution is 2.07. The number of fused-ring (bicyclic) bond motifs is 1. The zero-order chi connectivity index (χ0) is 14.1. The highest BCUT2D eigenvalue weighted by Gasteiger charge is 2.07. The third kappa shape index (κ3) is 2.05. The van der Waals surface area contributed by atoms with Crippen LogP contribution in [0.25, 0.3) is 10.9 Å². The van der Waals surface area contributed by atoms with Gasteiger partial charge in [0.1, 0.15) is 5.52 Å². The second-order valence-electron chi connectivity index (χ2n) is 4.31. The fourth-order valence-electron chi connectivity index (χ4n) is 1.92. The first kappa shape index (κ1) is 12.1. The van der Waals surface area contributed by atoms with Crippen molar-refractivity contribution in [1.29, 1.82) is 0 Å². The van der Waals surface area contributed by atoms with Crippen LogP contribution in [0.15, 0.2) is 41.5 Å². The minimum Gasteiger partial charge on any atom is -0.478 e. The summed E-state index contributed by atoms with van der Waals surface area (Å²) in [6, 6.07) is 6.32. The highest BCUT2D eigenvalue weighted by atomic mass is 16.4. The summed E-state index contributed by atoms with van der Waals surface area (Å²) < 4.78 is 1.30. The molecule has 2 aromatic heterocycles. The van der Waals surface area contributed by atoms with Crippen LogP contribution in [0.4, 0.5) is 0 Å². The van der Waals surface area contributed by atoms with Gasteiger partial charge in [-0.3, -0.25) is 9.89 Å². The van der Waals surface area contributed by atoms with E-state index in [1.165, 1.54) is 23.0 Å². The molecule has 0 unspecified atom stereocenters. The molecule has 3 aromatic rings. The number of nitrogens with one attached hydrogen (secondary N) is 1. The largest absolute Gasteiger partial charge is 0.478 e. The number of rotatable bonds is 3. The van der Waals surface area contributed by atoms with E-state index in [4.69, 9.17) is 5.11 Å². The van der Waals surface area contributed by atoms with Crippen molar-refractivity contribution in [1.82, 2.24) is 20.0 Å². The predicted molar refractivity (Wildman–Crippen MR) is 70.7 cm³/mol. The van der Waals surface area contributed by atoms with Gasteiger partial charge in [-0.1, -0.05) is 12.1 Å². The molecule has 3 rings (SSSR count). The Kier molecular flexibility index (Phi) is 2.79. The van der Waals surface area contributed by atoms with Crippen molar-refractivity contribution in [2.75, 3.05) is 0 Å². The van der Waals surface area contributed by atoms with E-state index in [1.807, 2.05) is 0 Å². The standard InChI is InChI=1S/C13H10N4O3/c18-12-11-10(5-14-16-11)6-15-17(12)7-8-1-3-9(4-2-8)13(19)20/h1-6H,7H2,(H,14,16)(H,19,20). The number of carboxylic acid groups (broad SMARTS) is 1. The summed E-state index contributed by atoms with van der Waals surface area (Å²) in [5.41, 5.74) is 1.14. The summed E-state index contributed by atoms with van der Waals surface area (Å²) in [6.07, 6.45) is 3.10. The molecule has 2 N–H and O–H groups in total. The molecule has 0 saturated carbocycles. The van der Waals surface area contributed by atoms with E-state index < -0.39 is 5.97 Å². The van der Waals surface area contributed by atoms with Gasteiger partial charge in [-0.05, 0) is 17.7 Å². The van der Waals surface area contributed by atoms with Crippen LogP contribution in [0.1, 0.15) is 15.9 Å². The van der Waals surface area contributed by atoms with Gasteiger partial charge in [0.2, 0.25) is 0 Å². The second kappa shape index (κ2) is 4.61. The number of aromatic carboxylic acids is 1. The summed E-state index contributed by atoms with van der Waals surface area (Å²) in [7, 11) is 0. The molecule has 0 amide bonds. The van der Waals surface area contributed by atoms with Crippen molar-refractivity contribution in [3.05, 3.63) is 58.1 Å². The molecule has 7 heteroatoms. The summed E-state index contributed by atoms with van der Waals surface area (Å²) in [6.45, 7) is 0.272. The molecule has 0 aliphatic heterocycles. The van der Waals surface area contributed by atoms with E-state index in [2.05, 4.69) is 15.3 Å². The molecule has 0 aliphatic carbocycles. The molecule has 100 valence electrons. The molecule has 0 fully saturated rings. The monoisotopic (exact) mass is 270 g/mol. The lowest BCUT2D eigenvalue weighted by Gasteiger charge is -2.04. The minimum atomic E-state index is -0.981. The number of carboxylic acids is 1. The lowest BCUT2D eigenvalue weighted by Crippen LogP contribution is -2.23. The molecule has 0 aliphatic rings. The molecular formula is C13H10N4O3. The van der Waals surface area contributed by atoms with Crippen LogP contribution in [0.2, 0.25) is 0 Å². The Balaban J connectivity index is 1.94. The Bertz CT molecular complexity index is 833. The third-order valence-corrected chi connectivity index (χ3v) is 2.99. The molecular weight excluding hydrogens is 260 g/mol. The SMILES string of the molecule is O=C(O)c1ccc(Cn2ncc3cn[nH]c3c2=O)cc1. The summed E-state index contributed by atoms with van der Waals surface area (Å²) in [5, 5.41) is 20.0. The maximum Gasteiger partial charge on any atom is 0.335 e. The van der Waals surface area contributed by atoms with E-state index >= 15 is 0 Å². The van der Waals surface area contributed by atoms with E-state index in [0.29, 0.717) is 10.9 Å². The quantitative estimate of drug-likeness (QED) is 0.735. The van der Waals surface area contributed by atoms with Crippen molar-refractivity contribution in [2.24, 2.45) is 0 Å². The Morgan fingerprint density at radius 1 is 1.25 bits per heavy atom. The second-order valence-corrected chi connectivity index (χ2v) is 4.31. The van der Waals surface area contributed by atoms with Crippen molar-refractivity contribution >= 4 is 16.9 Å². The molecule has 20 heavy (non-hydrogen) atoms. The van der Waals surface area contributed by atoms with Gasteiger partial charge in [0.05, 0.1) is 24.5 Å². The van der Waals surface area contributed by atoms with E-state index in [1.54, 1.807) is 18.3 Å². The lowest BCUT2D eigenvalue weighted by atomic mass is 10.1. The Labute approximate surface area is 112 Å². The Morgan fingerprint density at radius 3 is 2.70 bits per heavy atom. The summed E-state index contributed by atoms with van der Waals surface area (Å²) in [4.78, 5) is 22.9. The van der Waals surface area contributed by atoms with E-state index in [9.17, 15) is 9.59 Å². The summed E-state index contributed by atoms with van der Waals surface area (Å²) in [5.74, 6) is -0.981. The fraction of sp³-hybridized carbons (Fsp3) is 0.0769. The lowest BCUT2D eigenvalue weighted by molar-refractivity contribution is 0.0697. The van der Waals surface area contributed by atoms with Crippen LogP contribution in [-0.2, 0) is 6.54 Å². The first-order chi connectivity index (χ1) is 9.65. The molecule has 1 aromatic carbocycles. The molecule has 0 atom stereocenters. The van der Waals surface area contributed by atoms with E-state index in [-0.39, 0.29) is 17.7 Å². The molecule has 0 bridgehead atoms. The molecule has 0 radical (unpaired) electrons. The van der Waals surface area contributed by atoms with Crippen LogP contribution in [0.5, 0.6) is 0 Å². The minimum absolute atomic E-state index is 0.207. The Hall–Kier alpha value is -2.96. The van der Waals surface area contributed by atoms with Gasteiger partial charge < -0.3 is 5.11 Å². The number of H-pyrrole nitrogens is 1. The van der Waals surface area contributed by atoms with Gasteiger partial charge in [-0.25, -0.2) is 9.48 Å². The average molecular weight is 270 g/mol. The van der Waals surface area contributed by atoms with Crippen LogP contribution in [-0.4, -0.2) is 31.1 Å². The smallest absolute Gasteiger partial charge is 0.335 e. The van der Waals surface area contributed by atoms with Crippen molar-refractivity contribution in [3.8, 4) is 0 Å². The zero-order valence-corrected chi connectivity index (χ0v) is 10.3. The highest BCUT2D eigenvalue weighted by molar-refractivity contribution is 5.87. The zero-order valence-electron chi connectivity index (χ0n) is 10.3. The molecule has 7 nitrogen and oxygen atoms in total. The number of nitrogens with zero attached hydrogens (tertiary/aromatic N) is 3. The van der Waals surface area contributed by atoms with Crippen LogP contribution >= 0.6 is 0 Å². The third-order valence-electron chi connectivity index (χ3n) is 2.99. The first-order valence-electron chi connectivity index (χ1n) is 5.86. The number of benzene rings is 1. The van der Waals surface area contributed by atoms with E-state index in [0.717, 1.165) is 5.56 Å². The molecule has 0 saturated heterocycles. The fourth-order valence-corrected chi connectivity index (χ4v) is 1.92. The summed E-state index contributed by atoms with van der Waals surface area (Å²) >= 11 is 0. The number of hydrogen-bond acceptors (Lipinski definition) is 4. The predicted octanol–water partition coefficient (Wildman–Crippen LogP) is 0.866. The number of aromatic nitrogens is 4. The van der Waals surface area contributed by atoms with Gasteiger partial charge in [0.15, 0.2) is 0 Å². The van der Waals surface area contributed by atoms with Gasteiger partial charge in [-0.15, -0.1) is 0 Å². The topological polar surface area (TPSA) is 101 Å². The van der Waals surface area contributed by atoms with Crippen LogP contribution < -0.4 is 5.56 Å². The van der Waals surface area contributed by atoms with Crippen molar-refractivity contribution in [2.45, 2.75) is 6.54 Å². The molecule has 0 spiro atoms. The first-order valence-corrected chi connectivity index (χ1v) is 5.86. The van der Waals surface area contributed by atoms with Crippen LogP contribution in [0, 0.1) is 0 Å². The Morgan fingerprint density at radius 2 is 2.00 bits per heavy atom. The maximum absolute atomic E-state index is 12.1. The van der Waals surface area contributed by atoms with Gasteiger partial charge in [0.25, 0.3) is 5.56 Å². The number of aromatic amines is 1. The van der Waals surface area contributed by atoms with Gasteiger partial charge >= 0.3 is 5.97 Å². The van der Waals surface area contributed by atoms with Gasteiger partial charge in [-0.2, -0.15) is 10.2 Å². The molecule has 2 heterocycles. The van der Waals surface area contributed by atoms with Crippen LogP contribution in [0.3, 0.4) is 0 Å². The van der Waals surface area contributed by atoms with Gasteiger partial charge in [0, 0.05) is 5.39 Å². The van der Waals surface area contributed by atoms with Crippen molar-refractivity contribution in [3.63, 3.8) is 0 Å². The number of carbonyl (C=O) groups is 1. The maximum atomic E-state index is 12.1. The van der Waals surface area contributed by atoms with Crippen molar-refractivity contribution < 1.29 is 9.90 Å². The average Bonchev–Trinajstić information content (AvgIpc) is 2.92.